The number of nitrogens with zero attached hydrogens (tertiary/aromatic N) is 2. The van der Waals surface area contributed by atoms with Crippen LogP contribution in [0.25, 0.3) is 22.0 Å². The number of aryl methyl sites for hydroxylation is 1. The number of aromatic nitrogens is 1. The zero-order chi connectivity index (χ0) is 21.8. The smallest absolute Gasteiger partial charge is 0.283 e. The molecular formula is C23H19ClN4O2S. The van der Waals surface area contributed by atoms with Gasteiger partial charge in [0, 0.05) is 17.0 Å². The molecule has 4 aromatic rings. The maximum absolute atomic E-state index is 12.9. The lowest BCUT2D eigenvalue weighted by Crippen LogP contribution is -2.32. The number of hydrogen-bond acceptors (Lipinski definition) is 4. The second-order valence-corrected chi connectivity index (χ2v) is 8.03. The molecule has 1 heterocycles. The molecule has 0 aliphatic heterocycles. The Bertz CT molecular complexity index is 1270. The first-order valence-corrected chi connectivity index (χ1v) is 10.6. The molecule has 8 heteroatoms. The van der Waals surface area contributed by atoms with Crippen molar-refractivity contribution in [2.75, 3.05) is 0 Å². The van der Waals surface area contributed by atoms with Crippen molar-refractivity contribution >= 4 is 46.0 Å². The molecule has 0 saturated carbocycles. The van der Waals surface area contributed by atoms with Gasteiger partial charge >= 0.3 is 0 Å². The lowest BCUT2D eigenvalue weighted by molar-refractivity contribution is 0.100. The predicted octanol–water partition coefficient (Wildman–Crippen LogP) is 5.05. The summed E-state index contributed by atoms with van der Waals surface area (Å²) in [5.41, 5.74) is 8.78. The second-order valence-electron chi connectivity index (χ2n) is 6.90. The Morgan fingerprint density at radius 1 is 1.13 bits per heavy atom. The van der Waals surface area contributed by atoms with Gasteiger partial charge in [-0.3, -0.25) is 4.79 Å². The van der Waals surface area contributed by atoms with E-state index >= 15 is 0 Å². The van der Waals surface area contributed by atoms with Crippen molar-refractivity contribution in [3.8, 4) is 17.0 Å². The average Bonchev–Trinajstić information content (AvgIpc) is 3.19. The minimum absolute atomic E-state index is 0.0561. The van der Waals surface area contributed by atoms with Gasteiger partial charge in [-0.1, -0.05) is 36.4 Å². The van der Waals surface area contributed by atoms with Crippen LogP contribution in [0.2, 0.25) is 0 Å². The van der Waals surface area contributed by atoms with E-state index in [1.807, 2.05) is 25.1 Å². The highest BCUT2D eigenvalue weighted by molar-refractivity contribution is 7.06. The summed E-state index contributed by atoms with van der Waals surface area (Å²) < 4.78 is 9.08. The van der Waals surface area contributed by atoms with E-state index < -0.39 is 5.91 Å². The van der Waals surface area contributed by atoms with Gasteiger partial charge < -0.3 is 15.3 Å². The van der Waals surface area contributed by atoms with E-state index in [1.165, 1.54) is 16.9 Å². The van der Waals surface area contributed by atoms with Crippen molar-refractivity contribution in [3.05, 3.63) is 82.7 Å². The van der Waals surface area contributed by atoms with Crippen molar-refractivity contribution in [2.24, 2.45) is 10.7 Å². The van der Waals surface area contributed by atoms with Crippen LogP contribution in [-0.2, 0) is 6.54 Å². The number of nitrogens with one attached hydrogen (secondary N) is 1. The largest absolute Gasteiger partial charge is 0.386 e. The van der Waals surface area contributed by atoms with E-state index in [-0.39, 0.29) is 5.96 Å². The van der Waals surface area contributed by atoms with Gasteiger partial charge in [0.1, 0.15) is 17.6 Å². The summed E-state index contributed by atoms with van der Waals surface area (Å²) in [5.74, 6) is 0.119. The van der Waals surface area contributed by atoms with Gasteiger partial charge in [0.15, 0.2) is 5.96 Å². The Morgan fingerprint density at radius 2 is 1.87 bits per heavy atom. The Kier molecular flexibility index (Phi) is 6.16. The van der Waals surface area contributed by atoms with Crippen LogP contribution in [-0.4, -0.2) is 16.2 Å². The molecule has 3 aromatic carbocycles. The summed E-state index contributed by atoms with van der Waals surface area (Å²) in [5, 5.41) is 5.32. The summed E-state index contributed by atoms with van der Waals surface area (Å²) in [6.45, 7) is 2.29. The van der Waals surface area contributed by atoms with Gasteiger partial charge in [-0.05, 0) is 65.1 Å². The summed E-state index contributed by atoms with van der Waals surface area (Å²) in [6.07, 6.45) is 0. The number of halogens is 1. The van der Waals surface area contributed by atoms with E-state index in [1.54, 1.807) is 24.3 Å². The molecule has 6 nitrogen and oxygen atoms in total. The molecule has 3 N–H and O–H groups in total. The maximum Gasteiger partial charge on any atom is 0.283 e. The molecule has 156 valence electrons. The standard InChI is InChI=1S/C23H19ClN4O2S/c1-14-20(21(28-31-14)17-8-10-19(30-24)11-9-17)22(29)27-23(25)26-13-15-6-7-16-4-2-3-5-18(16)12-15/h2-12H,13H2,1H3,(H3,25,26,27,29). The fraction of sp³-hybridized carbons (Fsp3) is 0.0870. The number of amides is 1. The average molecular weight is 451 g/mol. The number of aliphatic imine (C=N–C) groups is 1. The topological polar surface area (TPSA) is 89.6 Å². The molecule has 0 atom stereocenters. The van der Waals surface area contributed by atoms with Gasteiger partial charge in [0.05, 0.1) is 11.3 Å². The lowest BCUT2D eigenvalue weighted by atomic mass is 10.1. The molecule has 0 saturated heterocycles. The first kappa shape index (κ1) is 20.8. The minimum atomic E-state index is -0.442. The molecule has 4 rings (SSSR count). The highest BCUT2D eigenvalue weighted by Crippen LogP contribution is 2.30. The number of guanidine groups is 1. The van der Waals surface area contributed by atoms with Crippen molar-refractivity contribution in [3.63, 3.8) is 0 Å². The van der Waals surface area contributed by atoms with Crippen LogP contribution in [0.4, 0.5) is 0 Å². The van der Waals surface area contributed by atoms with Crippen molar-refractivity contribution < 1.29 is 9.08 Å². The molecule has 0 radical (unpaired) electrons. The monoisotopic (exact) mass is 450 g/mol. The SMILES string of the molecule is Cc1snc(-c2ccc(OCl)cc2)c1C(=O)/N=C(\N)NCc1ccc2ccccc2c1. The Balaban J connectivity index is 1.50. The fourth-order valence-corrected chi connectivity index (χ4v) is 4.03. The number of fused-ring (bicyclic) bond motifs is 1. The van der Waals surface area contributed by atoms with E-state index in [9.17, 15) is 4.79 Å². The highest BCUT2D eigenvalue weighted by Gasteiger charge is 2.20. The van der Waals surface area contributed by atoms with Crippen LogP contribution >= 0.6 is 23.4 Å². The third kappa shape index (κ3) is 4.68. The van der Waals surface area contributed by atoms with Gasteiger partial charge in [-0.15, -0.1) is 0 Å². The van der Waals surface area contributed by atoms with Crippen LogP contribution in [0, 0.1) is 6.92 Å². The summed E-state index contributed by atoms with van der Waals surface area (Å²) in [7, 11) is 0. The number of carbonyl (C=O) groups is 1. The lowest BCUT2D eigenvalue weighted by Gasteiger charge is -2.07. The molecule has 0 unspecified atom stereocenters. The molecule has 1 aromatic heterocycles. The van der Waals surface area contributed by atoms with E-state index in [4.69, 9.17) is 17.6 Å². The van der Waals surface area contributed by atoms with Crippen LogP contribution < -0.4 is 15.3 Å². The van der Waals surface area contributed by atoms with Crippen molar-refractivity contribution in [2.45, 2.75) is 13.5 Å². The van der Waals surface area contributed by atoms with E-state index in [0.29, 0.717) is 23.6 Å². The molecule has 0 aliphatic carbocycles. The highest BCUT2D eigenvalue weighted by atomic mass is 35.5. The number of nitrogens with two attached hydrogens (primary N) is 1. The first-order valence-electron chi connectivity index (χ1n) is 9.50. The number of carbonyl (C=O) groups excluding carboxylic acids is 1. The maximum atomic E-state index is 12.9. The number of benzene rings is 3. The summed E-state index contributed by atoms with van der Waals surface area (Å²) >= 11 is 6.61. The Morgan fingerprint density at radius 3 is 2.61 bits per heavy atom. The van der Waals surface area contributed by atoms with Crippen LogP contribution in [0.5, 0.6) is 5.75 Å². The molecule has 0 fully saturated rings. The molecule has 0 aliphatic rings. The van der Waals surface area contributed by atoms with Gasteiger partial charge in [0.25, 0.3) is 5.91 Å². The normalized spacial score (nSPS) is 11.5. The molecule has 0 spiro atoms. The van der Waals surface area contributed by atoms with Gasteiger partial charge in [0.2, 0.25) is 0 Å². The van der Waals surface area contributed by atoms with Crippen LogP contribution in [0.3, 0.4) is 0 Å². The molecular weight excluding hydrogens is 432 g/mol. The third-order valence-corrected chi connectivity index (χ3v) is 5.73. The van der Waals surface area contributed by atoms with Crippen LogP contribution in [0.15, 0.2) is 71.7 Å². The Hall–Kier alpha value is -3.42. The predicted molar refractivity (Wildman–Crippen MR) is 126 cm³/mol. The zero-order valence-electron chi connectivity index (χ0n) is 16.6. The van der Waals surface area contributed by atoms with Crippen molar-refractivity contribution in [1.29, 1.82) is 0 Å². The quantitative estimate of drug-likeness (QED) is 0.328. The Labute approximate surface area is 188 Å². The number of hydrogen-bond donors (Lipinski definition) is 2. The van der Waals surface area contributed by atoms with E-state index in [0.717, 1.165) is 21.4 Å². The van der Waals surface area contributed by atoms with Crippen molar-refractivity contribution in [1.82, 2.24) is 9.69 Å². The van der Waals surface area contributed by atoms with Crippen LogP contribution in [0.1, 0.15) is 20.8 Å². The zero-order valence-corrected chi connectivity index (χ0v) is 18.2. The molecule has 31 heavy (non-hydrogen) atoms. The fourth-order valence-electron chi connectivity index (χ4n) is 3.23. The first-order chi connectivity index (χ1) is 15.0. The van der Waals surface area contributed by atoms with E-state index in [2.05, 4.69) is 43.2 Å². The van der Waals surface area contributed by atoms with Gasteiger partial charge in [-0.2, -0.15) is 9.37 Å². The minimum Gasteiger partial charge on any atom is -0.386 e. The second kappa shape index (κ2) is 9.16. The van der Waals surface area contributed by atoms with Gasteiger partial charge in [-0.25, -0.2) is 0 Å². The summed E-state index contributed by atoms with van der Waals surface area (Å²) in [4.78, 5) is 17.7. The third-order valence-electron chi connectivity index (χ3n) is 4.80. The molecule has 1 amide bonds. The summed E-state index contributed by atoms with van der Waals surface area (Å²) in [6, 6.07) is 21.2. The number of rotatable bonds is 5. The molecule has 0 bridgehead atoms.